The third-order valence-electron chi connectivity index (χ3n) is 1.56. The lowest BCUT2D eigenvalue weighted by Gasteiger charge is -1.92. The number of nitriles is 1. The van der Waals surface area contributed by atoms with E-state index in [1.165, 1.54) is 11.8 Å². The van der Waals surface area contributed by atoms with Crippen LogP contribution in [0.3, 0.4) is 0 Å². The molecule has 1 amide bonds. The number of aromatic nitrogens is 1. The van der Waals surface area contributed by atoms with Gasteiger partial charge in [0, 0.05) is 0 Å². The highest BCUT2D eigenvalue weighted by atomic mass is 32.2. The van der Waals surface area contributed by atoms with Gasteiger partial charge in [0.2, 0.25) is 0 Å². The molecular weight excluding hydrogens is 188 g/mol. The van der Waals surface area contributed by atoms with Gasteiger partial charge in [-0.2, -0.15) is 5.26 Å². The van der Waals surface area contributed by atoms with Gasteiger partial charge in [0.25, 0.3) is 5.91 Å². The first-order valence-electron chi connectivity index (χ1n) is 3.37. The SMILES string of the molecule is CSc1[nH]c(N)c(C(N)=O)c1C#N. The minimum atomic E-state index is -0.689. The Bertz CT molecular complexity index is 390. The molecule has 1 rings (SSSR count). The smallest absolute Gasteiger partial charge is 0.253 e. The number of nitrogens with one attached hydrogen (secondary N) is 1. The van der Waals surface area contributed by atoms with Crippen LogP contribution in [-0.4, -0.2) is 17.1 Å². The molecule has 1 aromatic rings. The van der Waals surface area contributed by atoms with E-state index in [0.29, 0.717) is 5.03 Å². The van der Waals surface area contributed by atoms with Crippen LogP contribution >= 0.6 is 11.8 Å². The molecule has 0 aliphatic carbocycles. The highest BCUT2D eigenvalue weighted by molar-refractivity contribution is 7.98. The number of primary amides is 1. The summed E-state index contributed by atoms with van der Waals surface area (Å²) in [5.74, 6) is -0.543. The lowest BCUT2D eigenvalue weighted by atomic mass is 10.2. The van der Waals surface area contributed by atoms with Crippen LogP contribution in [0.25, 0.3) is 0 Å². The summed E-state index contributed by atoms with van der Waals surface area (Å²) in [6.07, 6.45) is 1.77. The molecule has 0 unspecified atom stereocenters. The van der Waals surface area contributed by atoms with Gasteiger partial charge in [-0.1, -0.05) is 0 Å². The van der Waals surface area contributed by atoms with Crippen molar-refractivity contribution in [3.63, 3.8) is 0 Å². The summed E-state index contributed by atoms with van der Waals surface area (Å²) in [4.78, 5) is 13.6. The quantitative estimate of drug-likeness (QED) is 0.590. The van der Waals surface area contributed by atoms with Crippen LogP contribution in [0.2, 0.25) is 0 Å². The van der Waals surface area contributed by atoms with Crippen LogP contribution in [0.15, 0.2) is 5.03 Å². The fraction of sp³-hybridized carbons (Fsp3) is 0.143. The molecule has 0 aliphatic rings. The lowest BCUT2D eigenvalue weighted by molar-refractivity contribution is 0.100. The summed E-state index contributed by atoms with van der Waals surface area (Å²) in [6.45, 7) is 0. The number of amides is 1. The number of nitrogen functional groups attached to an aromatic ring is 1. The van der Waals surface area contributed by atoms with Crippen LogP contribution in [0.1, 0.15) is 15.9 Å². The van der Waals surface area contributed by atoms with Crippen molar-refractivity contribution >= 4 is 23.5 Å². The van der Waals surface area contributed by atoms with Gasteiger partial charge in [0.1, 0.15) is 11.9 Å². The molecule has 6 heteroatoms. The van der Waals surface area contributed by atoms with E-state index in [2.05, 4.69) is 4.98 Å². The van der Waals surface area contributed by atoms with Crippen LogP contribution in [0.4, 0.5) is 5.82 Å². The summed E-state index contributed by atoms with van der Waals surface area (Å²) in [5, 5.41) is 9.31. The molecule has 0 spiro atoms. The average Bonchev–Trinajstić information content (AvgIpc) is 2.41. The van der Waals surface area contributed by atoms with Crippen LogP contribution in [-0.2, 0) is 0 Å². The Morgan fingerprint density at radius 3 is 2.69 bits per heavy atom. The Morgan fingerprint density at radius 2 is 2.31 bits per heavy atom. The Kier molecular flexibility index (Phi) is 2.49. The minimum absolute atomic E-state index is 0.0758. The zero-order valence-corrected chi connectivity index (χ0v) is 7.73. The van der Waals surface area contributed by atoms with E-state index in [1.807, 2.05) is 6.07 Å². The molecule has 0 saturated heterocycles. The lowest BCUT2D eigenvalue weighted by Crippen LogP contribution is -2.13. The summed E-state index contributed by atoms with van der Waals surface area (Å²) >= 11 is 1.31. The molecule has 1 heterocycles. The molecule has 13 heavy (non-hydrogen) atoms. The molecule has 0 aromatic carbocycles. The molecule has 68 valence electrons. The molecule has 1 aromatic heterocycles. The van der Waals surface area contributed by atoms with E-state index in [4.69, 9.17) is 16.7 Å². The van der Waals surface area contributed by atoms with E-state index < -0.39 is 5.91 Å². The van der Waals surface area contributed by atoms with Crippen molar-refractivity contribution in [2.24, 2.45) is 5.73 Å². The number of anilines is 1. The highest BCUT2D eigenvalue weighted by Gasteiger charge is 2.18. The van der Waals surface area contributed by atoms with Gasteiger partial charge in [-0.15, -0.1) is 11.8 Å². The maximum absolute atomic E-state index is 10.9. The molecule has 0 bridgehead atoms. The number of thioether (sulfide) groups is 1. The van der Waals surface area contributed by atoms with E-state index in [0.717, 1.165) is 0 Å². The second-order valence-corrected chi connectivity index (χ2v) is 3.11. The van der Waals surface area contributed by atoms with Gasteiger partial charge in [-0.3, -0.25) is 4.79 Å². The van der Waals surface area contributed by atoms with Crippen molar-refractivity contribution in [1.29, 1.82) is 5.26 Å². The Morgan fingerprint density at radius 1 is 1.69 bits per heavy atom. The highest BCUT2D eigenvalue weighted by Crippen LogP contribution is 2.26. The second-order valence-electron chi connectivity index (χ2n) is 2.30. The van der Waals surface area contributed by atoms with Crippen molar-refractivity contribution < 1.29 is 4.79 Å². The van der Waals surface area contributed by atoms with Crippen molar-refractivity contribution in [2.75, 3.05) is 12.0 Å². The van der Waals surface area contributed by atoms with Crippen LogP contribution in [0, 0.1) is 11.3 Å². The first kappa shape index (κ1) is 9.48. The standard InChI is InChI=1S/C7H8N4OS/c1-13-7-3(2-8)4(6(10)12)5(9)11-7/h11H,9H2,1H3,(H2,10,12). The van der Waals surface area contributed by atoms with Crippen molar-refractivity contribution in [3.8, 4) is 6.07 Å². The molecule has 5 nitrogen and oxygen atoms in total. The summed E-state index contributed by atoms with van der Waals surface area (Å²) in [6, 6.07) is 1.88. The Hall–Kier alpha value is -1.61. The minimum Gasteiger partial charge on any atom is -0.385 e. The van der Waals surface area contributed by atoms with Crippen LogP contribution < -0.4 is 11.5 Å². The van der Waals surface area contributed by atoms with Gasteiger partial charge < -0.3 is 16.5 Å². The van der Waals surface area contributed by atoms with Gasteiger partial charge >= 0.3 is 0 Å². The molecule has 5 N–H and O–H groups in total. The number of carbonyl (C=O) groups excluding carboxylic acids is 1. The maximum Gasteiger partial charge on any atom is 0.253 e. The van der Waals surface area contributed by atoms with Crippen molar-refractivity contribution in [1.82, 2.24) is 4.98 Å². The largest absolute Gasteiger partial charge is 0.385 e. The third kappa shape index (κ3) is 1.46. The number of aromatic amines is 1. The zero-order chi connectivity index (χ0) is 10.0. The van der Waals surface area contributed by atoms with E-state index >= 15 is 0 Å². The summed E-state index contributed by atoms with van der Waals surface area (Å²) in [5.41, 5.74) is 10.8. The number of hydrogen-bond acceptors (Lipinski definition) is 4. The fourth-order valence-electron chi connectivity index (χ4n) is 1.01. The van der Waals surface area contributed by atoms with Crippen molar-refractivity contribution in [2.45, 2.75) is 5.03 Å². The zero-order valence-electron chi connectivity index (χ0n) is 6.92. The first-order valence-corrected chi connectivity index (χ1v) is 4.59. The third-order valence-corrected chi connectivity index (χ3v) is 2.27. The van der Waals surface area contributed by atoms with Gasteiger partial charge in [0.05, 0.1) is 16.2 Å². The average molecular weight is 196 g/mol. The topological polar surface area (TPSA) is 109 Å². The van der Waals surface area contributed by atoms with Gasteiger partial charge in [-0.05, 0) is 6.26 Å². The van der Waals surface area contributed by atoms with Crippen molar-refractivity contribution in [3.05, 3.63) is 11.1 Å². The Balaban J connectivity index is 3.42. The summed E-state index contributed by atoms with van der Waals surface area (Å²) < 4.78 is 0. The predicted molar refractivity (Wildman–Crippen MR) is 50.2 cm³/mol. The number of hydrogen-bond donors (Lipinski definition) is 3. The number of carbonyl (C=O) groups is 1. The van der Waals surface area contributed by atoms with E-state index in [-0.39, 0.29) is 16.9 Å². The monoisotopic (exact) mass is 196 g/mol. The molecule has 0 atom stereocenters. The molecule has 0 aliphatic heterocycles. The molecule has 0 fully saturated rings. The van der Waals surface area contributed by atoms with Gasteiger partial charge in [-0.25, -0.2) is 0 Å². The number of H-pyrrole nitrogens is 1. The van der Waals surface area contributed by atoms with Gasteiger partial charge in [0.15, 0.2) is 0 Å². The van der Waals surface area contributed by atoms with Crippen LogP contribution in [0.5, 0.6) is 0 Å². The number of nitrogens with two attached hydrogens (primary N) is 2. The maximum atomic E-state index is 10.9. The number of nitrogens with zero attached hydrogens (tertiary/aromatic N) is 1. The second kappa shape index (κ2) is 3.41. The van der Waals surface area contributed by atoms with E-state index in [9.17, 15) is 4.79 Å². The Labute approximate surface area is 79.1 Å². The van der Waals surface area contributed by atoms with E-state index in [1.54, 1.807) is 6.26 Å². The molecule has 0 saturated carbocycles. The molecule has 0 radical (unpaired) electrons. The first-order chi connectivity index (χ1) is 6.11. The predicted octanol–water partition coefficient (Wildman–Crippen LogP) is 0.289. The fourth-order valence-corrected chi connectivity index (χ4v) is 1.58. The normalized spacial score (nSPS) is 9.54. The molecular formula is C7H8N4OS. The summed E-state index contributed by atoms with van der Waals surface area (Å²) in [7, 11) is 0. The number of rotatable bonds is 2.